The summed E-state index contributed by atoms with van der Waals surface area (Å²) in [5.41, 5.74) is 0.491. The zero-order valence-corrected chi connectivity index (χ0v) is 10.4. The van der Waals surface area contributed by atoms with Crippen molar-refractivity contribution in [2.45, 2.75) is 13.3 Å². The van der Waals surface area contributed by atoms with Crippen LogP contribution in [0.15, 0.2) is 10.6 Å². The standard InChI is InChI=1S/C11H16N2O5/c1-8-5-9(12-18-8)6-10(14)13(3-4-17-2)7-11(15)16/h5H,3-4,6-7H2,1-2H3,(H,15,16). The Morgan fingerprint density at radius 2 is 2.28 bits per heavy atom. The van der Waals surface area contributed by atoms with E-state index in [-0.39, 0.29) is 32.0 Å². The van der Waals surface area contributed by atoms with Crippen molar-refractivity contribution in [3.8, 4) is 0 Å². The predicted octanol–water partition coefficient (Wildman–Crippen LogP) is 0.0851. The molecule has 0 unspecified atom stereocenters. The maximum atomic E-state index is 11.9. The van der Waals surface area contributed by atoms with E-state index in [9.17, 15) is 9.59 Å². The molecule has 1 aromatic heterocycles. The summed E-state index contributed by atoms with van der Waals surface area (Å²) in [7, 11) is 1.49. The molecule has 0 aliphatic heterocycles. The van der Waals surface area contributed by atoms with Crippen LogP contribution in [0.5, 0.6) is 0 Å². The van der Waals surface area contributed by atoms with Crippen molar-refractivity contribution in [3.05, 3.63) is 17.5 Å². The van der Waals surface area contributed by atoms with Crippen LogP contribution in [0, 0.1) is 6.92 Å². The van der Waals surface area contributed by atoms with Crippen LogP contribution < -0.4 is 0 Å². The van der Waals surface area contributed by atoms with Crippen molar-refractivity contribution >= 4 is 11.9 Å². The summed E-state index contributed by atoms with van der Waals surface area (Å²) < 4.78 is 9.68. The number of carboxylic acids is 1. The smallest absolute Gasteiger partial charge is 0.323 e. The third-order valence-corrected chi connectivity index (χ3v) is 2.25. The van der Waals surface area contributed by atoms with Crippen LogP contribution >= 0.6 is 0 Å². The Hall–Kier alpha value is -1.89. The van der Waals surface area contributed by atoms with Crippen LogP contribution in [0.3, 0.4) is 0 Å². The first kappa shape index (κ1) is 14.2. The number of methoxy groups -OCH3 is 1. The molecule has 1 N–H and O–H groups in total. The number of carboxylic acid groups (broad SMARTS) is 1. The van der Waals surface area contributed by atoms with Gasteiger partial charge in [-0.3, -0.25) is 9.59 Å². The number of aromatic nitrogens is 1. The van der Waals surface area contributed by atoms with E-state index < -0.39 is 5.97 Å². The van der Waals surface area contributed by atoms with Crippen LogP contribution in [-0.2, 0) is 20.7 Å². The first-order valence-electron chi connectivity index (χ1n) is 5.43. The Morgan fingerprint density at radius 1 is 1.56 bits per heavy atom. The lowest BCUT2D eigenvalue weighted by Crippen LogP contribution is -2.38. The minimum atomic E-state index is -1.06. The van der Waals surface area contributed by atoms with E-state index in [2.05, 4.69) is 5.16 Å². The maximum Gasteiger partial charge on any atom is 0.323 e. The number of ether oxygens (including phenoxy) is 1. The van der Waals surface area contributed by atoms with Crippen molar-refractivity contribution in [3.63, 3.8) is 0 Å². The molecule has 1 amide bonds. The molecule has 1 heterocycles. The summed E-state index contributed by atoms with van der Waals surface area (Å²) in [6.45, 7) is 1.90. The fourth-order valence-electron chi connectivity index (χ4n) is 1.42. The van der Waals surface area contributed by atoms with Gasteiger partial charge in [0.05, 0.1) is 18.7 Å². The largest absolute Gasteiger partial charge is 0.480 e. The number of carbonyl (C=O) groups is 2. The van der Waals surface area contributed by atoms with E-state index in [0.29, 0.717) is 11.5 Å². The number of carbonyl (C=O) groups excluding carboxylic acids is 1. The monoisotopic (exact) mass is 256 g/mol. The van der Waals surface area contributed by atoms with Crippen molar-refractivity contribution in [2.75, 3.05) is 26.8 Å². The van der Waals surface area contributed by atoms with E-state index in [1.54, 1.807) is 13.0 Å². The fourth-order valence-corrected chi connectivity index (χ4v) is 1.42. The molecule has 7 heteroatoms. The average molecular weight is 256 g/mol. The first-order chi connectivity index (χ1) is 8.52. The molecule has 7 nitrogen and oxygen atoms in total. The minimum absolute atomic E-state index is 0.0222. The summed E-state index contributed by atoms with van der Waals surface area (Å²) in [5.74, 6) is -0.766. The van der Waals surface area contributed by atoms with E-state index in [1.807, 2.05) is 0 Å². The van der Waals surface area contributed by atoms with Crippen molar-refractivity contribution < 1.29 is 24.0 Å². The first-order valence-corrected chi connectivity index (χ1v) is 5.43. The van der Waals surface area contributed by atoms with Gasteiger partial charge in [0.25, 0.3) is 0 Å². The highest BCUT2D eigenvalue weighted by Crippen LogP contribution is 2.04. The van der Waals surface area contributed by atoms with Gasteiger partial charge in [-0.1, -0.05) is 5.16 Å². The van der Waals surface area contributed by atoms with E-state index in [1.165, 1.54) is 12.0 Å². The van der Waals surface area contributed by atoms with Crippen LogP contribution in [0.1, 0.15) is 11.5 Å². The van der Waals surface area contributed by atoms with Gasteiger partial charge in [-0.25, -0.2) is 0 Å². The van der Waals surface area contributed by atoms with E-state index in [4.69, 9.17) is 14.4 Å². The van der Waals surface area contributed by atoms with Crippen molar-refractivity contribution in [1.82, 2.24) is 10.1 Å². The van der Waals surface area contributed by atoms with Gasteiger partial charge < -0.3 is 19.3 Å². The van der Waals surface area contributed by atoms with Gasteiger partial charge in [0.2, 0.25) is 5.91 Å². The van der Waals surface area contributed by atoms with E-state index >= 15 is 0 Å². The second-order valence-electron chi connectivity index (χ2n) is 3.81. The fraction of sp³-hybridized carbons (Fsp3) is 0.545. The molecule has 18 heavy (non-hydrogen) atoms. The second kappa shape index (κ2) is 6.75. The van der Waals surface area contributed by atoms with Gasteiger partial charge in [0, 0.05) is 19.7 Å². The molecule has 100 valence electrons. The Kier molecular flexibility index (Phi) is 5.31. The lowest BCUT2D eigenvalue weighted by atomic mass is 10.2. The molecule has 0 saturated heterocycles. The van der Waals surface area contributed by atoms with Crippen molar-refractivity contribution in [1.29, 1.82) is 0 Å². The highest BCUT2D eigenvalue weighted by molar-refractivity contribution is 5.82. The van der Waals surface area contributed by atoms with Gasteiger partial charge in [0.1, 0.15) is 12.3 Å². The molecule has 0 spiro atoms. The number of hydrogen-bond acceptors (Lipinski definition) is 5. The number of aliphatic carboxylic acids is 1. The highest BCUT2D eigenvalue weighted by Gasteiger charge is 2.18. The summed E-state index contributed by atoms with van der Waals surface area (Å²) in [5, 5.41) is 12.4. The van der Waals surface area contributed by atoms with Crippen LogP contribution in [-0.4, -0.2) is 53.8 Å². The maximum absolute atomic E-state index is 11.9. The summed E-state index contributed by atoms with van der Waals surface area (Å²) >= 11 is 0. The number of amides is 1. The van der Waals surface area contributed by atoms with Crippen LogP contribution in [0.2, 0.25) is 0 Å². The van der Waals surface area contributed by atoms with Gasteiger partial charge >= 0.3 is 5.97 Å². The van der Waals surface area contributed by atoms with Gasteiger partial charge in [-0.2, -0.15) is 0 Å². The predicted molar refractivity (Wildman–Crippen MR) is 61.0 cm³/mol. The van der Waals surface area contributed by atoms with Gasteiger partial charge in [-0.15, -0.1) is 0 Å². The average Bonchev–Trinajstić information content (AvgIpc) is 2.69. The molecule has 1 aromatic rings. The lowest BCUT2D eigenvalue weighted by Gasteiger charge is -2.19. The summed E-state index contributed by atoms with van der Waals surface area (Å²) in [6.07, 6.45) is 0.0222. The molecular weight excluding hydrogens is 240 g/mol. The molecule has 0 aromatic carbocycles. The SMILES string of the molecule is COCCN(CC(=O)O)C(=O)Cc1cc(C)on1. The Balaban J connectivity index is 2.60. The van der Waals surface area contributed by atoms with Gasteiger partial charge in [0.15, 0.2) is 0 Å². The van der Waals surface area contributed by atoms with E-state index in [0.717, 1.165) is 0 Å². The number of hydrogen-bond donors (Lipinski definition) is 1. The molecule has 0 atom stereocenters. The lowest BCUT2D eigenvalue weighted by molar-refractivity contribution is -0.144. The summed E-state index contributed by atoms with van der Waals surface area (Å²) in [6, 6.07) is 1.65. The Morgan fingerprint density at radius 3 is 2.78 bits per heavy atom. The van der Waals surface area contributed by atoms with Crippen LogP contribution in [0.4, 0.5) is 0 Å². The zero-order valence-electron chi connectivity index (χ0n) is 10.4. The molecular formula is C11H16N2O5. The third kappa shape index (κ3) is 4.54. The number of nitrogens with zero attached hydrogens (tertiary/aromatic N) is 2. The molecule has 0 bridgehead atoms. The number of rotatable bonds is 7. The summed E-state index contributed by atoms with van der Waals surface area (Å²) in [4.78, 5) is 23.8. The van der Waals surface area contributed by atoms with Crippen molar-refractivity contribution in [2.24, 2.45) is 0 Å². The Bertz CT molecular complexity index is 415. The third-order valence-electron chi connectivity index (χ3n) is 2.25. The molecule has 0 radical (unpaired) electrons. The Labute approximate surface area is 104 Å². The molecule has 0 aliphatic carbocycles. The zero-order chi connectivity index (χ0) is 13.5. The highest BCUT2D eigenvalue weighted by atomic mass is 16.5. The molecule has 0 saturated carbocycles. The normalized spacial score (nSPS) is 10.3. The minimum Gasteiger partial charge on any atom is -0.480 e. The molecule has 1 rings (SSSR count). The topological polar surface area (TPSA) is 92.9 Å². The van der Waals surface area contributed by atoms with Gasteiger partial charge in [-0.05, 0) is 6.92 Å². The second-order valence-corrected chi connectivity index (χ2v) is 3.81. The van der Waals surface area contributed by atoms with Crippen LogP contribution in [0.25, 0.3) is 0 Å². The molecule has 0 fully saturated rings. The number of aryl methyl sites for hydroxylation is 1. The molecule has 0 aliphatic rings. The quantitative estimate of drug-likeness (QED) is 0.743.